The van der Waals surface area contributed by atoms with Gasteiger partial charge in [-0.2, -0.15) is 0 Å². The molecule has 71 heavy (non-hydrogen) atoms. The number of likely N-dealkylation sites (N-methyl/N-ethyl adjacent to an activating group) is 2. The molecule has 0 bridgehead atoms. The van der Waals surface area contributed by atoms with Crippen LogP contribution in [0.15, 0.2) is 30.5 Å². The Morgan fingerprint density at radius 2 is 1.51 bits per heavy atom. The summed E-state index contributed by atoms with van der Waals surface area (Å²) in [6.45, 7) is 1.99. The number of fused-ring (bicyclic) bond motifs is 1. The molecule has 10 amide bonds. The first kappa shape index (κ1) is 57.8. The third-order valence-electron chi connectivity index (χ3n) is 11.2. The second-order valence-electron chi connectivity index (χ2n) is 16.9. The molecular formula is C43H64N14O13S. The summed E-state index contributed by atoms with van der Waals surface area (Å²) in [6, 6.07) is -3.43. The summed E-state index contributed by atoms with van der Waals surface area (Å²) in [4.78, 5) is 152. The lowest BCUT2D eigenvalue weighted by Crippen LogP contribution is -2.61. The zero-order chi connectivity index (χ0) is 53.1. The molecule has 27 nitrogen and oxygen atoms in total. The number of amides is 10. The molecular weight excluding hydrogens is 953 g/mol. The quantitative estimate of drug-likeness (QED) is 0.0506. The first-order valence-corrected chi connectivity index (χ1v) is 23.5. The molecule has 1 aromatic carbocycles. The number of benzene rings is 1. The number of hydrogen-bond donors (Lipinski definition) is 14. The van der Waals surface area contributed by atoms with Gasteiger partial charge in [0.1, 0.15) is 42.3 Å². The zero-order valence-corrected chi connectivity index (χ0v) is 40.7. The van der Waals surface area contributed by atoms with Crippen molar-refractivity contribution in [1.82, 2.24) is 57.3 Å². The number of carboxylic acid groups (broad SMARTS) is 1. The van der Waals surface area contributed by atoms with E-state index in [2.05, 4.69) is 47.5 Å². The average molecular weight is 1020 g/mol. The summed E-state index contributed by atoms with van der Waals surface area (Å²) in [5, 5.41) is 47.6. The molecule has 28 heteroatoms. The first-order valence-electron chi connectivity index (χ1n) is 22.4. The van der Waals surface area contributed by atoms with Crippen LogP contribution in [-0.2, 0) is 59.2 Å². The maximum atomic E-state index is 14.3. The molecule has 390 valence electrons. The van der Waals surface area contributed by atoms with Gasteiger partial charge in [0.15, 0.2) is 5.96 Å². The molecule has 7 atom stereocenters. The molecule has 0 radical (unpaired) electrons. The number of carboxylic acids is 1. The number of aromatic amines is 1. The Hall–Kier alpha value is -7.49. The molecule has 2 aromatic rings. The van der Waals surface area contributed by atoms with Crippen LogP contribution < -0.4 is 54.0 Å². The van der Waals surface area contributed by atoms with E-state index in [4.69, 9.17) is 16.9 Å². The molecule has 3 rings (SSSR count). The third-order valence-corrected chi connectivity index (χ3v) is 12.3. The minimum Gasteiger partial charge on any atom is -0.481 e. The van der Waals surface area contributed by atoms with Crippen LogP contribution in [0.25, 0.3) is 10.9 Å². The number of H-pyrrole nitrogens is 1. The number of carbonyl (C=O) groups excluding carboxylic acids is 10. The zero-order valence-electron chi connectivity index (χ0n) is 39.9. The third kappa shape index (κ3) is 17.8. The highest BCUT2D eigenvalue weighted by atomic mass is 32.2. The molecule has 0 saturated carbocycles. The predicted octanol–water partition coefficient (Wildman–Crippen LogP) is -5.34. The highest BCUT2D eigenvalue weighted by Gasteiger charge is 2.38. The number of aromatic nitrogens is 1. The predicted molar refractivity (Wildman–Crippen MR) is 256 cm³/mol. The number of aliphatic carboxylic acids is 1. The molecule has 1 fully saturated rings. The fourth-order valence-electron chi connectivity index (χ4n) is 7.12. The van der Waals surface area contributed by atoms with Crippen LogP contribution in [0.4, 0.5) is 0 Å². The van der Waals surface area contributed by atoms with Crippen molar-refractivity contribution in [2.75, 3.05) is 51.8 Å². The molecule has 16 N–H and O–H groups in total. The van der Waals surface area contributed by atoms with Crippen molar-refractivity contribution in [2.45, 2.75) is 88.7 Å². The Bertz CT molecular complexity index is 2310. The standard InChI is InChI=1S/C43H64N14O13S/c1-21(2)35-42(70)57(5)30(18-58)40(68)50-17-32(60)51-26(11-8-12-47-43(45)46)38(66)54-29(37(65)49-16-31(44)59)19-71-20-33(61)52-28(13-23-15-48-25-10-7-6-9-24(23)25)41(69)56(4)22(3)36(64)53-27(14-34(62)63)39(67)55-35/h6-7,9-10,15,21-22,26-30,35,48,58H,8,11-14,16-20H2,1-5H3,(H2,44,59)(H,49,65)(H,50,68)(H,51,60)(H,52,61)(H,53,64)(H,54,66)(H,55,67)(H,62,63)(H4,45,46,47)/t22-,26-,27-,28+,29-,30-,35-/m0/s1. The lowest BCUT2D eigenvalue weighted by molar-refractivity contribution is -0.146. The minimum absolute atomic E-state index is 0.0706. The Morgan fingerprint density at radius 3 is 2.14 bits per heavy atom. The number of thioether (sulfide) groups is 1. The van der Waals surface area contributed by atoms with Crippen molar-refractivity contribution in [3.05, 3.63) is 36.0 Å². The second kappa shape index (κ2) is 27.6. The maximum absolute atomic E-state index is 14.3. The van der Waals surface area contributed by atoms with Gasteiger partial charge in [0.25, 0.3) is 0 Å². The Kier molecular flexibility index (Phi) is 22.5. The van der Waals surface area contributed by atoms with E-state index in [9.17, 15) is 63.0 Å². The average Bonchev–Trinajstić information content (AvgIpc) is 3.72. The van der Waals surface area contributed by atoms with Gasteiger partial charge in [0, 0.05) is 49.9 Å². The molecule has 0 spiro atoms. The molecule has 0 aliphatic carbocycles. The van der Waals surface area contributed by atoms with Crippen molar-refractivity contribution in [3.63, 3.8) is 0 Å². The van der Waals surface area contributed by atoms with Crippen LogP contribution in [0, 0.1) is 11.3 Å². The van der Waals surface area contributed by atoms with Crippen LogP contribution in [-0.4, -0.2) is 190 Å². The number of primary amides is 1. The van der Waals surface area contributed by atoms with Crippen molar-refractivity contribution < 1.29 is 63.0 Å². The summed E-state index contributed by atoms with van der Waals surface area (Å²) >= 11 is 0.835. The van der Waals surface area contributed by atoms with Gasteiger partial charge in [0.05, 0.1) is 31.9 Å². The van der Waals surface area contributed by atoms with Crippen LogP contribution in [0.2, 0.25) is 0 Å². The smallest absolute Gasteiger partial charge is 0.305 e. The van der Waals surface area contributed by atoms with Crippen LogP contribution >= 0.6 is 11.8 Å². The fourth-order valence-corrected chi connectivity index (χ4v) is 7.97. The summed E-state index contributed by atoms with van der Waals surface area (Å²) in [5.41, 5.74) is 11.9. The Morgan fingerprint density at radius 1 is 0.845 bits per heavy atom. The van der Waals surface area contributed by atoms with E-state index < -0.39 is 145 Å². The van der Waals surface area contributed by atoms with Crippen LogP contribution in [0.1, 0.15) is 45.6 Å². The molecule has 1 aliphatic heterocycles. The number of aliphatic hydroxyl groups is 1. The fraction of sp³-hybridized carbons (Fsp3) is 0.535. The Balaban J connectivity index is 2.09. The maximum Gasteiger partial charge on any atom is 0.305 e. The van der Waals surface area contributed by atoms with Gasteiger partial charge in [-0.15, -0.1) is 11.8 Å². The van der Waals surface area contributed by atoms with Gasteiger partial charge in [-0.3, -0.25) is 58.1 Å². The molecule has 1 aliphatic rings. The lowest BCUT2D eigenvalue weighted by atomic mass is 10.0. The van der Waals surface area contributed by atoms with E-state index in [1.54, 1.807) is 30.5 Å². The van der Waals surface area contributed by atoms with Crippen LogP contribution in [0.3, 0.4) is 0 Å². The number of guanidine groups is 1. The van der Waals surface area contributed by atoms with Crippen molar-refractivity contribution in [1.29, 1.82) is 5.41 Å². The summed E-state index contributed by atoms with van der Waals surface area (Å²) in [5.74, 6) is -12.7. The number of hydrogen-bond acceptors (Lipinski definition) is 14. The van der Waals surface area contributed by atoms with Gasteiger partial charge >= 0.3 is 5.97 Å². The molecule has 1 aromatic heterocycles. The summed E-state index contributed by atoms with van der Waals surface area (Å²) < 4.78 is 0. The van der Waals surface area contributed by atoms with Crippen molar-refractivity contribution >= 4 is 93.7 Å². The van der Waals surface area contributed by atoms with E-state index >= 15 is 0 Å². The second-order valence-corrected chi connectivity index (χ2v) is 18.0. The van der Waals surface area contributed by atoms with E-state index in [1.807, 2.05) is 0 Å². The normalized spacial score (nSPS) is 23.3. The van der Waals surface area contributed by atoms with E-state index in [1.165, 1.54) is 27.8 Å². The van der Waals surface area contributed by atoms with Crippen molar-refractivity contribution in [3.8, 4) is 0 Å². The number of carbonyl (C=O) groups is 11. The van der Waals surface area contributed by atoms with Gasteiger partial charge in [-0.25, -0.2) is 0 Å². The monoisotopic (exact) mass is 1020 g/mol. The molecule has 0 unspecified atom stereocenters. The van der Waals surface area contributed by atoms with Gasteiger partial charge in [-0.1, -0.05) is 32.0 Å². The number of nitrogens with zero attached hydrogens (tertiary/aromatic N) is 2. The highest BCUT2D eigenvalue weighted by molar-refractivity contribution is 8.00. The summed E-state index contributed by atoms with van der Waals surface area (Å²) in [7, 11) is 2.38. The first-order chi connectivity index (χ1) is 33.4. The summed E-state index contributed by atoms with van der Waals surface area (Å²) in [6.07, 6.45) is 0.562. The van der Waals surface area contributed by atoms with E-state index in [0.29, 0.717) is 5.56 Å². The molecule has 2 heterocycles. The number of para-hydroxylation sites is 1. The Labute approximate surface area is 412 Å². The number of nitrogens with one attached hydrogen (secondary N) is 10. The number of aliphatic hydroxyl groups excluding tert-OH is 1. The SMILES string of the molecule is CC(C)[C@@H]1NC(=O)[C@H](CC(=O)O)NC(=O)[C@H](C)N(C)C(=O)[C@@H](Cc2c[nH]c3ccccc23)NC(=O)CSC[C@@H](C(=O)NCC(N)=O)NC(=O)[C@H](CCCNC(=N)N)NC(=O)CNC(=O)[C@H](CO)N(C)C1=O. The number of nitrogens with two attached hydrogens (primary N) is 2. The van der Waals surface area contributed by atoms with Gasteiger partial charge < -0.3 is 79.0 Å². The van der Waals surface area contributed by atoms with Gasteiger partial charge in [0.2, 0.25) is 59.1 Å². The van der Waals surface area contributed by atoms with Gasteiger partial charge in [-0.05, 0) is 37.3 Å². The highest BCUT2D eigenvalue weighted by Crippen LogP contribution is 2.20. The van der Waals surface area contributed by atoms with Crippen molar-refractivity contribution in [2.24, 2.45) is 17.4 Å². The number of rotatable bonds is 13. The lowest BCUT2D eigenvalue weighted by Gasteiger charge is -2.32. The largest absolute Gasteiger partial charge is 0.481 e. The topological polar surface area (TPSA) is 423 Å². The van der Waals surface area contributed by atoms with E-state index in [-0.39, 0.29) is 37.5 Å². The molecule has 1 saturated heterocycles. The van der Waals surface area contributed by atoms with E-state index in [0.717, 1.165) is 39.5 Å². The minimum atomic E-state index is -1.81. The van der Waals surface area contributed by atoms with Crippen LogP contribution in [0.5, 0.6) is 0 Å².